The van der Waals surface area contributed by atoms with Crippen molar-refractivity contribution in [2.24, 2.45) is 0 Å². The van der Waals surface area contributed by atoms with Crippen molar-refractivity contribution < 1.29 is 17.9 Å². The van der Waals surface area contributed by atoms with Crippen LogP contribution in [-0.2, 0) is 16.6 Å². The highest BCUT2D eigenvalue weighted by Gasteiger charge is 2.16. The Kier molecular flexibility index (Phi) is 4.59. The number of aliphatic hydroxyl groups is 1. The monoisotopic (exact) mass is 311 g/mol. The minimum absolute atomic E-state index is 0.00108. The standard InChI is InChI=1S/C11H10FN5O3S/c12-10-6-9(4-3-8(10)2-1-5-18)21(19,20)13-7-11-14-16-17-15-11/h3-4,6,13,18H,5,7H2,(H,14,15,16,17). The molecule has 0 radical (unpaired) electrons. The Morgan fingerprint density at radius 2 is 2.24 bits per heavy atom. The van der Waals surface area contributed by atoms with Gasteiger partial charge < -0.3 is 5.11 Å². The molecule has 0 aliphatic carbocycles. The number of sulfonamides is 1. The van der Waals surface area contributed by atoms with E-state index in [2.05, 4.69) is 37.2 Å². The number of rotatable bonds is 4. The van der Waals surface area contributed by atoms with Gasteiger partial charge in [0.2, 0.25) is 10.0 Å². The van der Waals surface area contributed by atoms with Gasteiger partial charge in [0.05, 0.1) is 17.0 Å². The summed E-state index contributed by atoms with van der Waals surface area (Å²) in [6, 6.07) is 3.28. The molecule has 0 saturated carbocycles. The van der Waals surface area contributed by atoms with Gasteiger partial charge in [-0.3, -0.25) is 0 Å². The molecule has 1 aromatic carbocycles. The van der Waals surface area contributed by atoms with Crippen LogP contribution in [0.2, 0.25) is 0 Å². The molecule has 2 aromatic rings. The van der Waals surface area contributed by atoms with Crippen molar-refractivity contribution in [3.8, 4) is 11.8 Å². The summed E-state index contributed by atoms with van der Waals surface area (Å²) >= 11 is 0. The van der Waals surface area contributed by atoms with Gasteiger partial charge in [-0.1, -0.05) is 17.1 Å². The zero-order valence-corrected chi connectivity index (χ0v) is 11.4. The number of aliphatic hydroxyl groups excluding tert-OH is 1. The highest BCUT2D eigenvalue weighted by atomic mass is 32.2. The molecular weight excluding hydrogens is 301 g/mol. The Morgan fingerprint density at radius 1 is 1.43 bits per heavy atom. The zero-order valence-electron chi connectivity index (χ0n) is 10.5. The lowest BCUT2D eigenvalue weighted by Crippen LogP contribution is -2.24. The van der Waals surface area contributed by atoms with E-state index in [9.17, 15) is 12.8 Å². The third-order valence-corrected chi connectivity index (χ3v) is 3.76. The Hall–Kier alpha value is -2.35. The topological polar surface area (TPSA) is 121 Å². The summed E-state index contributed by atoms with van der Waals surface area (Å²) in [7, 11) is -3.91. The summed E-state index contributed by atoms with van der Waals surface area (Å²) in [6.07, 6.45) is 0. The lowest BCUT2D eigenvalue weighted by Gasteiger charge is -2.05. The van der Waals surface area contributed by atoms with Gasteiger partial charge in [-0.25, -0.2) is 17.5 Å². The first-order chi connectivity index (χ1) is 10.0. The van der Waals surface area contributed by atoms with E-state index in [4.69, 9.17) is 5.11 Å². The second kappa shape index (κ2) is 6.40. The van der Waals surface area contributed by atoms with Gasteiger partial charge >= 0.3 is 0 Å². The Morgan fingerprint density at radius 3 is 2.86 bits per heavy atom. The van der Waals surface area contributed by atoms with Crippen molar-refractivity contribution in [3.05, 3.63) is 35.4 Å². The predicted octanol–water partition coefficient (Wildman–Crippen LogP) is -0.839. The summed E-state index contributed by atoms with van der Waals surface area (Å²) in [5, 5.41) is 21.2. The number of H-pyrrole nitrogens is 1. The fourth-order valence-electron chi connectivity index (χ4n) is 1.40. The third kappa shape index (κ3) is 3.82. The van der Waals surface area contributed by atoms with Crippen LogP contribution in [0, 0.1) is 17.7 Å². The molecule has 110 valence electrons. The van der Waals surface area contributed by atoms with Gasteiger partial charge in [-0.05, 0) is 18.2 Å². The van der Waals surface area contributed by atoms with E-state index >= 15 is 0 Å². The van der Waals surface area contributed by atoms with Crippen LogP contribution < -0.4 is 4.72 Å². The van der Waals surface area contributed by atoms with Crippen LogP contribution in [0.15, 0.2) is 23.1 Å². The number of benzene rings is 1. The number of nitrogens with zero attached hydrogens (tertiary/aromatic N) is 3. The molecule has 3 N–H and O–H groups in total. The zero-order chi connectivity index (χ0) is 15.3. The maximum absolute atomic E-state index is 13.7. The lowest BCUT2D eigenvalue weighted by molar-refractivity contribution is 0.350. The predicted molar refractivity (Wildman–Crippen MR) is 68.6 cm³/mol. The van der Waals surface area contributed by atoms with Crippen LogP contribution in [0.25, 0.3) is 0 Å². The van der Waals surface area contributed by atoms with Crippen LogP contribution in [0.3, 0.4) is 0 Å². The normalized spacial score (nSPS) is 11.0. The molecular formula is C11H10FN5O3S. The van der Waals surface area contributed by atoms with Crippen molar-refractivity contribution in [2.75, 3.05) is 6.61 Å². The van der Waals surface area contributed by atoms with Crippen LogP contribution in [0.4, 0.5) is 4.39 Å². The summed E-state index contributed by atoms with van der Waals surface area (Å²) in [5.41, 5.74) is 0.00108. The summed E-state index contributed by atoms with van der Waals surface area (Å²) in [4.78, 5) is -0.252. The molecule has 21 heavy (non-hydrogen) atoms. The van der Waals surface area contributed by atoms with Gasteiger partial charge in [0.1, 0.15) is 12.4 Å². The molecule has 0 saturated heterocycles. The van der Waals surface area contributed by atoms with E-state index in [1.54, 1.807) is 0 Å². The van der Waals surface area contributed by atoms with E-state index in [-0.39, 0.29) is 22.8 Å². The van der Waals surface area contributed by atoms with Crippen LogP contribution in [0.5, 0.6) is 0 Å². The first kappa shape index (κ1) is 15.0. The molecule has 0 fully saturated rings. The smallest absolute Gasteiger partial charge is 0.241 e. The molecule has 10 heteroatoms. The molecule has 0 amide bonds. The van der Waals surface area contributed by atoms with E-state index < -0.39 is 22.4 Å². The SMILES string of the molecule is O=S(=O)(NCc1nn[nH]n1)c1ccc(C#CCO)c(F)c1. The quantitative estimate of drug-likeness (QED) is 0.633. The Balaban J connectivity index is 2.18. The minimum Gasteiger partial charge on any atom is -0.384 e. The van der Waals surface area contributed by atoms with Crippen molar-refractivity contribution in [1.82, 2.24) is 25.3 Å². The molecule has 0 aliphatic rings. The summed E-state index contributed by atoms with van der Waals surface area (Å²) in [6.45, 7) is -0.585. The fraction of sp³-hybridized carbons (Fsp3) is 0.182. The van der Waals surface area contributed by atoms with E-state index in [1.807, 2.05) is 0 Å². The van der Waals surface area contributed by atoms with Crippen molar-refractivity contribution in [3.63, 3.8) is 0 Å². The third-order valence-electron chi connectivity index (χ3n) is 2.36. The second-order valence-corrected chi connectivity index (χ2v) is 5.52. The molecule has 1 aromatic heterocycles. The highest BCUT2D eigenvalue weighted by molar-refractivity contribution is 7.89. The van der Waals surface area contributed by atoms with Crippen LogP contribution >= 0.6 is 0 Å². The average molecular weight is 311 g/mol. The largest absolute Gasteiger partial charge is 0.384 e. The Labute approximate surface area is 119 Å². The number of hydrogen-bond acceptors (Lipinski definition) is 6. The maximum Gasteiger partial charge on any atom is 0.241 e. The summed E-state index contributed by atoms with van der Waals surface area (Å²) in [5.74, 6) is 4.02. The molecule has 1 heterocycles. The second-order valence-electron chi connectivity index (χ2n) is 3.75. The minimum atomic E-state index is -3.91. The van der Waals surface area contributed by atoms with E-state index in [1.165, 1.54) is 12.1 Å². The average Bonchev–Trinajstić information content (AvgIpc) is 2.97. The van der Waals surface area contributed by atoms with Crippen molar-refractivity contribution in [1.29, 1.82) is 0 Å². The Bertz CT molecular complexity index is 780. The van der Waals surface area contributed by atoms with Crippen molar-refractivity contribution >= 4 is 10.0 Å². The van der Waals surface area contributed by atoms with Gasteiger partial charge in [-0.15, -0.1) is 10.2 Å². The maximum atomic E-state index is 13.7. The first-order valence-corrected chi connectivity index (χ1v) is 7.12. The number of hydrogen-bond donors (Lipinski definition) is 3. The molecule has 0 spiro atoms. The molecule has 0 aliphatic heterocycles. The fourth-order valence-corrected chi connectivity index (χ4v) is 2.39. The summed E-state index contributed by atoms with van der Waals surface area (Å²) < 4.78 is 39.8. The van der Waals surface area contributed by atoms with E-state index in [0.717, 1.165) is 6.07 Å². The first-order valence-electron chi connectivity index (χ1n) is 5.64. The molecule has 2 rings (SSSR count). The number of nitrogens with one attached hydrogen (secondary N) is 2. The van der Waals surface area contributed by atoms with Gasteiger partial charge in [-0.2, -0.15) is 5.21 Å². The highest BCUT2D eigenvalue weighted by Crippen LogP contribution is 2.14. The van der Waals surface area contributed by atoms with Crippen molar-refractivity contribution in [2.45, 2.75) is 11.4 Å². The number of aromatic amines is 1. The number of halogens is 1. The number of tetrazole rings is 1. The molecule has 0 atom stereocenters. The molecule has 0 unspecified atom stereocenters. The van der Waals surface area contributed by atoms with Gasteiger partial charge in [0, 0.05) is 0 Å². The van der Waals surface area contributed by atoms with Crippen LogP contribution in [0.1, 0.15) is 11.4 Å². The van der Waals surface area contributed by atoms with Crippen LogP contribution in [-0.4, -0.2) is 40.8 Å². The van der Waals surface area contributed by atoms with Gasteiger partial charge in [0.25, 0.3) is 0 Å². The van der Waals surface area contributed by atoms with Gasteiger partial charge in [0.15, 0.2) is 5.82 Å². The lowest BCUT2D eigenvalue weighted by atomic mass is 10.2. The molecule has 0 bridgehead atoms. The number of aromatic nitrogens is 4. The molecule has 8 nitrogen and oxygen atoms in total. The van der Waals surface area contributed by atoms with E-state index in [0.29, 0.717) is 0 Å².